The van der Waals surface area contributed by atoms with Gasteiger partial charge in [0.2, 0.25) is 0 Å². The van der Waals surface area contributed by atoms with Crippen LogP contribution in [0.25, 0.3) is 10.9 Å². The molecule has 6 heteroatoms. The molecule has 0 saturated carbocycles. The molecule has 0 unspecified atom stereocenters. The van der Waals surface area contributed by atoms with Crippen LogP contribution in [0.4, 0.5) is 16.2 Å². The highest BCUT2D eigenvalue weighted by Gasteiger charge is 2.19. The number of fused-ring (bicyclic) bond motifs is 1. The summed E-state index contributed by atoms with van der Waals surface area (Å²) in [4.78, 5) is 31.8. The van der Waals surface area contributed by atoms with Crippen molar-refractivity contribution >= 4 is 34.2 Å². The number of benzene rings is 2. The Labute approximate surface area is 169 Å². The zero-order chi connectivity index (χ0) is 20.4. The Morgan fingerprint density at radius 2 is 1.62 bits per heavy atom. The van der Waals surface area contributed by atoms with Gasteiger partial charge in [-0.2, -0.15) is 0 Å². The standard InChI is InChI=1S/C23H24N4O2/c1-15-9-10-17-14-18(16(2)24-21(17)13-15)22(28)25-19-7-3-4-8-20(19)26-23(29)27-11-5-6-12-27/h3-4,7-10,13-14H,5-6,11-12H2,1-2H3,(H,25,28)(H,26,29). The van der Waals surface area contributed by atoms with E-state index in [1.807, 2.05) is 50.2 Å². The lowest BCUT2D eigenvalue weighted by molar-refractivity contribution is 0.102. The zero-order valence-electron chi connectivity index (χ0n) is 16.7. The number of anilines is 2. The van der Waals surface area contributed by atoms with Crippen LogP contribution in [0.2, 0.25) is 0 Å². The molecule has 4 rings (SSSR count). The summed E-state index contributed by atoms with van der Waals surface area (Å²) in [5, 5.41) is 6.76. The van der Waals surface area contributed by atoms with Gasteiger partial charge in [0.05, 0.1) is 28.1 Å². The topological polar surface area (TPSA) is 74.3 Å². The first-order valence-electron chi connectivity index (χ1n) is 9.85. The third-order valence-electron chi connectivity index (χ3n) is 5.22. The quantitative estimate of drug-likeness (QED) is 0.681. The third kappa shape index (κ3) is 4.06. The van der Waals surface area contributed by atoms with Crippen LogP contribution in [0.5, 0.6) is 0 Å². The van der Waals surface area contributed by atoms with Gasteiger partial charge in [0.15, 0.2) is 0 Å². The number of nitrogens with zero attached hydrogens (tertiary/aromatic N) is 2. The van der Waals surface area contributed by atoms with Crippen molar-refractivity contribution in [1.29, 1.82) is 0 Å². The molecule has 3 aromatic rings. The number of para-hydroxylation sites is 2. The fourth-order valence-electron chi connectivity index (χ4n) is 3.61. The molecule has 1 aliphatic rings. The lowest BCUT2D eigenvalue weighted by Gasteiger charge is -2.18. The lowest BCUT2D eigenvalue weighted by atomic mass is 10.1. The highest BCUT2D eigenvalue weighted by Crippen LogP contribution is 2.24. The Hall–Kier alpha value is -3.41. The van der Waals surface area contributed by atoms with Gasteiger partial charge in [-0.25, -0.2) is 4.79 Å². The van der Waals surface area contributed by atoms with Crippen molar-refractivity contribution in [3.05, 3.63) is 65.4 Å². The van der Waals surface area contributed by atoms with E-state index in [9.17, 15) is 9.59 Å². The number of urea groups is 1. The van der Waals surface area contributed by atoms with Gasteiger partial charge in [-0.3, -0.25) is 9.78 Å². The maximum atomic E-state index is 13.0. The monoisotopic (exact) mass is 388 g/mol. The van der Waals surface area contributed by atoms with Crippen LogP contribution in [0.15, 0.2) is 48.5 Å². The number of rotatable bonds is 3. The summed E-state index contributed by atoms with van der Waals surface area (Å²) >= 11 is 0. The maximum Gasteiger partial charge on any atom is 0.321 e. The first kappa shape index (κ1) is 18.9. The number of nitrogens with one attached hydrogen (secondary N) is 2. The highest BCUT2D eigenvalue weighted by molar-refractivity contribution is 6.09. The summed E-state index contributed by atoms with van der Waals surface area (Å²) in [5.74, 6) is -0.250. The molecule has 148 valence electrons. The molecule has 1 aliphatic heterocycles. The smallest absolute Gasteiger partial charge is 0.321 e. The van der Waals surface area contributed by atoms with E-state index >= 15 is 0 Å². The van der Waals surface area contributed by atoms with Gasteiger partial charge in [0, 0.05) is 18.5 Å². The van der Waals surface area contributed by atoms with Crippen LogP contribution in [-0.2, 0) is 0 Å². The van der Waals surface area contributed by atoms with Crippen molar-refractivity contribution in [1.82, 2.24) is 9.88 Å². The molecular formula is C23H24N4O2. The van der Waals surface area contributed by atoms with Gasteiger partial charge in [0.25, 0.3) is 5.91 Å². The normalized spacial score (nSPS) is 13.5. The molecule has 0 spiro atoms. The Balaban J connectivity index is 1.57. The molecule has 1 fully saturated rings. The average molecular weight is 388 g/mol. The fourth-order valence-corrected chi connectivity index (χ4v) is 3.61. The van der Waals surface area contributed by atoms with Gasteiger partial charge >= 0.3 is 6.03 Å². The van der Waals surface area contributed by atoms with E-state index in [0.29, 0.717) is 22.6 Å². The minimum Gasteiger partial charge on any atom is -0.325 e. The molecule has 0 radical (unpaired) electrons. The van der Waals surface area contributed by atoms with Crippen molar-refractivity contribution in [3.8, 4) is 0 Å². The molecule has 2 heterocycles. The number of aryl methyl sites for hydroxylation is 2. The molecule has 3 amide bonds. The van der Waals surface area contributed by atoms with Gasteiger partial charge in [-0.15, -0.1) is 0 Å². The second kappa shape index (κ2) is 7.91. The van der Waals surface area contributed by atoms with Crippen LogP contribution >= 0.6 is 0 Å². The first-order valence-corrected chi connectivity index (χ1v) is 9.85. The highest BCUT2D eigenvalue weighted by atomic mass is 16.2. The predicted octanol–water partition coefficient (Wildman–Crippen LogP) is 4.73. The van der Waals surface area contributed by atoms with E-state index < -0.39 is 0 Å². The average Bonchev–Trinajstić information content (AvgIpc) is 3.24. The number of pyridine rings is 1. The molecule has 1 aromatic heterocycles. The number of hydrogen-bond acceptors (Lipinski definition) is 3. The second-order valence-electron chi connectivity index (χ2n) is 7.44. The van der Waals surface area contributed by atoms with Crippen molar-refractivity contribution in [3.63, 3.8) is 0 Å². The number of amides is 3. The molecule has 2 aromatic carbocycles. The van der Waals surface area contributed by atoms with E-state index in [-0.39, 0.29) is 11.9 Å². The molecule has 0 atom stereocenters. The van der Waals surface area contributed by atoms with Crippen LogP contribution in [0, 0.1) is 13.8 Å². The molecule has 0 bridgehead atoms. The maximum absolute atomic E-state index is 13.0. The van der Waals surface area contributed by atoms with Crippen molar-refractivity contribution in [2.45, 2.75) is 26.7 Å². The van der Waals surface area contributed by atoms with Gasteiger partial charge < -0.3 is 15.5 Å². The van der Waals surface area contributed by atoms with E-state index in [1.165, 1.54) is 0 Å². The van der Waals surface area contributed by atoms with Crippen LogP contribution in [0.3, 0.4) is 0 Å². The molecule has 6 nitrogen and oxygen atoms in total. The Morgan fingerprint density at radius 3 is 2.34 bits per heavy atom. The summed E-state index contributed by atoms with van der Waals surface area (Å²) < 4.78 is 0. The second-order valence-corrected chi connectivity index (χ2v) is 7.44. The van der Waals surface area contributed by atoms with Gasteiger partial charge in [-0.1, -0.05) is 24.3 Å². The number of likely N-dealkylation sites (tertiary alicyclic amines) is 1. The van der Waals surface area contributed by atoms with Crippen LogP contribution in [-0.4, -0.2) is 34.9 Å². The predicted molar refractivity (Wildman–Crippen MR) is 115 cm³/mol. The first-order chi connectivity index (χ1) is 14.0. The third-order valence-corrected chi connectivity index (χ3v) is 5.22. The van der Waals surface area contributed by atoms with E-state index in [2.05, 4.69) is 15.6 Å². The zero-order valence-corrected chi connectivity index (χ0v) is 16.7. The SMILES string of the molecule is Cc1ccc2cc(C(=O)Nc3ccccc3NC(=O)N3CCCC3)c(C)nc2c1. The molecule has 0 aliphatic carbocycles. The van der Waals surface area contributed by atoms with Crippen molar-refractivity contribution < 1.29 is 9.59 Å². The lowest BCUT2D eigenvalue weighted by Crippen LogP contribution is -2.32. The Bertz CT molecular complexity index is 1090. The summed E-state index contributed by atoms with van der Waals surface area (Å²) in [5.41, 5.74) is 4.33. The van der Waals surface area contributed by atoms with Crippen LogP contribution < -0.4 is 10.6 Å². The van der Waals surface area contributed by atoms with E-state index in [4.69, 9.17) is 0 Å². The largest absolute Gasteiger partial charge is 0.325 e. The molecule has 2 N–H and O–H groups in total. The fraction of sp³-hybridized carbons (Fsp3) is 0.261. The number of carbonyl (C=O) groups is 2. The number of aromatic nitrogens is 1. The van der Waals surface area contributed by atoms with Crippen molar-refractivity contribution in [2.75, 3.05) is 23.7 Å². The minimum absolute atomic E-state index is 0.136. The van der Waals surface area contributed by atoms with Gasteiger partial charge in [0.1, 0.15) is 0 Å². The van der Waals surface area contributed by atoms with Crippen molar-refractivity contribution in [2.24, 2.45) is 0 Å². The van der Waals surface area contributed by atoms with E-state index in [1.54, 1.807) is 17.0 Å². The summed E-state index contributed by atoms with van der Waals surface area (Å²) in [6, 6.07) is 14.9. The Morgan fingerprint density at radius 1 is 0.931 bits per heavy atom. The molecule has 29 heavy (non-hydrogen) atoms. The molecule has 1 saturated heterocycles. The van der Waals surface area contributed by atoms with E-state index in [0.717, 1.165) is 42.4 Å². The van der Waals surface area contributed by atoms with Crippen LogP contribution in [0.1, 0.15) is 34.5 Å². The summed E-state index contributed by atoms with van der Waals surface area (Å²) in [6.07, 6.45) is 2.05. The summed E-state index contributed by atoms with van der Waals surface area (Å²) in [7, 11) is 0. The molecular weight excluding hydrogens is 364 g/mol. The van der Waals surface area contributed by atoms with Gasteiger partial charge in [-0.05, 0) is 56.5 Å². The number of hydrogen-bond donors (Lipinski definition) is 2. The summed E-state index contributed by atoms with van der Waals surface area (Å²) in [6.45, 7) is 5.38. The Kier molecular flexibility index (Phi) is 5.16. The minimum atomic E-state index is -0.250. The number of carbonyl (C=O) groups excluding carboxylic acids is 2.